The van der Waals surface area contributed by atoms with Crippen molar-refractivity contribution >= 4 is 11.6 Å². The van der Waals surface area contributed by atoms with Gasteiger partial charge in [0.1, 0.15) is 11.6 Å². The molecule has 0 atom stereocenters. The average molecular weight is 236 g/mol. The summed E-state index contributed by atoms with van der Waals surface area (Å²) in [6.45, 7) is 1.60. The molecule has 1 amide bonds. The van der Waals surface area contributed by atoms with E-state index in [4.69, 9.17) is 0 Å². The van der Waals surface area contributed by atoms with E-state index in [1.807, 2.05) is 0 Å². The lowest BCUT2D eigenvalue weighted by Crippen LogP contribution is -2.20. The van der Waals surface area contributed by atoms with Gasteiger partial charge in [0, 0.05) is 11.5 Å². The first-order valence-electron chi connectivity index (χ1n) is 5.41. The molecule has 0 heterocycles. The van der Waals surface area contributed by atoms with Crippen LogP contribution in [0.4, 0.5) is 4.39 Å². The van der Waals surface area contributed by atoms with Gasteiger partial charge in [-0.1, -0.05) is 0 Å². The van der Waals surface area contributed by atoms with Crippen molar-refractivity contribution in [2.24, 2.45) is 11.0 Å². The van der Waals surface area contributed by atoms with Crippen molar-refractivity contribution in [2.75, 3.05) is 0 Å². The van der Waals surface area contributed by atoms with Gasteiger partial charge in [0.15, 0.2) is 0 Å². The first-order chi connectivity index (χ1) is 8.08. The van der Waals surface area contributed by atoms with Crippen LogP contribution in [0.2, 0.25) is 0 Å². The predicted molar refractivity (Wildman–Crippen MR) is 61.1 cm³/mol. The number of hydrogen-bond acceptors (Lipinski definition) is 3. The van der Waals surface area contributed by atoms with Gasteiger partial charge in [-0.15, -0.1) is 0 Å². The van der Waals surface area contributed by atoms with E-state index in [0.717, 1.165) is 18.9 Å². The minimum absolute atomic E-state index is 0.0617. The summed E-state index contributed by atoms with van der Waals surface area (Å²) in [6.07, 6.45) is 1.79. The molecule has 4 nitrogen and oxygen atoms in total. The Morgan fingerprint density at radius 3 is 2.88 bits per heavy atom. The zero-order valence-electron chi connectivity index (χ0n) is 9.40. The molecule has 1 aromatic rings. The van der Waals surface area contributed by atoms with E-state index in [9.17, 15) is 14.3 Å². The molecule has 1 saturated carbocycles. The summed E-state index contributed by atoms with van der Waals surface area (Å²) in [7, 11) is 0. The summed E-state index contributed by atoms with van der Waals surface area (Å²) in [6, 6.07) is 3.60. The number of halogens is 1. The summed E-state index contributed by atoms with van der Waals surface area (Å²) in [5.74, 6) is -0.581. The Kier molecular flexibility index (Phi) is 3.08. The highest BCUT2D eigenvalue weighted by molar-refractivity contribution is 6.01. The van der Waals surface area contributed by atoms with Gasteiger partial charge in [-0.2, -0.15) is 5.10 Å². The Bertz CT molecular complexity index is 481. The molecule has 0 spiro atoms. The molecule has 0 aliphatic heterocycles. The number of hydrogen-bond donors (Lipinski definition) is 2. The second-order valence-electron chi connectivity index (χ2n) is 4.11. The second kappa shape index (κ2) is 4.53. The normalized spacial score (nSPS) is 15.8. The molecule has 1 aliphatic carbocycles. The first kappa shape index (κ1) is 11.6. The van der Waals surface area contributed by atoms with E-state index in [1.54, 1.807) is 6.92 Å². The second-order valence-corrected chi connectivity index (χ2v) is 4.11. The number of rotatable bonds is 3. The van der Waals surface area contributed by atoms with Gasteiger partial charge in [0.2, 0.25) is 5.91 Å². The summed E-state index contributed by atoms with van der Waals surface area (Å²) in [4.78, 5) is 11.3. The maximum Gasteiger partial charge on any atom is 0.243 e. The van der Waals surface area contributed by atoms with Crippen LogP contribution in [-0.4, -0.2) is 16.7 Å². The van der Waals surface area contributed by atoms with Crippen LogP contribution in [-0.2, 0) is 4.79 Å². The third kappa shape index (κ3) is 2.81. The van der Waals surface area contributed by atoms with Crippen LogP contribution in [0.15, 0.2) is 23.3 Å². The molecule has 1 fully saturated rings. The lowest BCUT2D eigenvalue weighted by molar-refractivity contribution is -0.122. The molecule has 17 heavy (non-hydrogen) atoms. The van der Waals surface area contributed by atoms with E-state index >= 15 is 0 Å². The van der Waals surface area contributed by atoms with E-state index in [2.05, 4.69) is 10.5 Å². The van der Waals surface area contributed by atoms with Crippen LogP contribution >= 0.6 is 0 Å². The SMILES string of the molecule is C/C(=N\NC(=O)C1CC1)c1cc(F)ccc1O. The number of carbonyl (C=O) groups excluding carboxylic acids is 1. The van der Waals surface area contributed by atoms with Crippen LogP contribution in [0.25, 0.3) is 0 Å². The highest BCUT2D eigenvalue weighted by Gasteiger charge is 2.29. The fraction of sp³-hybridized carbons (Fsp3) is 0.333. The zero-order valence-corrected chi connectivity index (χ0v) is 9.40. The number of nitrogens with zero attached hydrogens (tertiary/aromatic N) is 1. The molecule has 0 aromatic heterocycles. The third-order valence-electron chi connectivity index (χ3n) is 2.63. The minimum atomic E-state index is -0.458. The minimum Gasteiger partial charge on any atom is -0.507 e. The van der Waals surface area contributed by atoms with E-state index in [1.165, 1.54) is 12.1 Å². The molecule has 1 aliphatic rings. The van der Waals surface area contributed by atoms with Crippen molar-refractivity contribution in [3.8, 4) is 5.75 Å². The quantitative estimate of drug-likeness (QED) is 0.620. The topological polar surface area (TPSA) is 61.7 Å². The van der Waals surface area contributed by atoms with Gasteiger partial charge < -0.3 is 5.11 Å². The molecule has 1 aromatic carbocycles. The fourth-order valence-corrected chi connectivity index (χ4v) is 1.43. The first-order valence-corrected chi connectivity index (χ1v) is 5.41. The molecule has 5 heteroatoms. The van der Waals surface area contributed by atoms with Crippen molar-refractivity contribution < 1.29 is 14.3 Å². The number of phenolic OH excluding ortho intramolecular Hbond substituents is 1. The fourth-order valence-electron chi connectivity index (χ4n) is 1.43. The Morgan fingerprint density at radius 1 is 1.53 bits per heavy atom. The lowest BCUT2D eigenvalue weighted by Gasteiger charge is -2.04. The Morgan fingerprint density at radius 2 is 2.24 bits per heavy atom. The van der Waals surface area contributed by atoms with Gasteiger partial charge in [-0.05, 0) is 38.0 Å². The molecule has 0 bridgehead atoms. The molecule has 2 N–H and O–H groups in total. The van der Waals surface area contributed by atoms with Crippen molar-refractivity contribution in [3.63, 3.8) is 0 Å². The monoisotopic (exact) mass is 236 g/mol. The number of amides is 1. The van der Waals surface area contributed by atoms with Crippen LogP contribution in [0, 0.1) is 11.7 Å². The summed E-state index contributed by atoms with van der Waals surface area (Å²) in [5.41, 5.74) is 3.06. The largest absolute Gasteiger partial charge is 0.507 e. The summed E-state index contributed by atoms with van der Waals surface area (Å²) < 4.78 is 13.0. The maximum atomic E-state index is 13.0. The zero-order chi connectivity index (χ0) is 12.4. The number of carbonyl (C=O) groups is 1. The predicted octanol–water partition coefficient (Wildman–Crippen LogP) is 1.78. The highest BCUT2D eigenvalue weighted by Crippen LogP contribution is 2.28. The third-order valence-corrected chi connectivity index (χ3v) is 2.63. The molecule has 0 radical (unpaired) electrons. The Balaban J connectivity index is 2.11. The molecule has 90 valence electrons. The van der Waals surface area contributed by atoms with E-state index in [-0.39, 0.29) is 23.1 Å². The van der Waals surface area contributed by atoms with Crippen molar-refractivity contribution in [3.05, 3.63) is 29.6 Å². The Hall–Kier alpha value is -1.91. The van der Waals surface area contributed by atoms with Crippen molar-refractivity contribution in [2.45, 2.75) is 19.8 Å². The molecular weight excluding hydrogens is 223 g/mol. The number of nitrogens with one attached hydrogen (secondary N) is 1. The highest BCUT2D eigenvalue weighted by atomic mass is 19.1. The summed E-state index contributed by atoms with van der Waals surface area (Å²) in [5, 5.41) is 13.4. The summed E-state index contributed by atoms with van der Waals surface area (Å²) >= 11 is 0. The van der Waals surface area contributed by atoms with Crippen LogP contribution in [0.1, 0.15) is 25.3 Å². The van der Waals surface area contributed by atoms with E-state index < -0.39 is 5.82 Å². The number of benzene rings is 1. The van der Waals surface area contributed by atoms with Crippen LogP contribution in [0.3, 0.4) is 0 Å². The Labute approximate surface area is 98.2 Å². The number of phenols is 1. The van der Waals surface area contributed by atoms with Crippen molar-refractivity contribution in [1.29, 1.82) is 0 Å². The molecule has 0 unspecified atom stereocenters. The average Bonchev–Trinajstić information content (AvgIpc) is 3.12. The van der Waals surface area contributed by atoms with Gasteiger partial charge in [-0.25, -0.2) is 9.82 Å². The standard InChI is InChI=1S/C12H13FN2O2/c1-7(14-15-12(17)8-2-3-8)10-6-9(13)4-5-11(10)16/h4-6,8,16H,2-3H2,1H3,(H,15,17)/b14-7+. The molecule has 2 rings (SSSR count). The van der Waals surface area contributed by atoms with Gasteiger partial charge in [-0.3, -0.25) is 4.79 Å². The number of aromatic hydroxyl groups is 1. The van der Waals surface area contributed by atoms with Gasteiger partial charge >= 0.3 is 0 Å². The molecule has 0 saturated heterocycles. The van der Waals surface area contributed by atoms with Gasteiger partial charge in [0.25, 0.3) is 0 Å². The van der Waals surface area contributed by atoms with Gasteiger partial charge in [0.05, 0.1) is 5.71 Å². The maximum absolute atomic E-state index is 13.0. The van der Waals surface area contributed by atoms with Crippen LogP contribution in [0.5, 0.6) is 5.75 Å². The van der Waals surface area contributed by atoms with E-state index in [0.29, 0.717) is 5.71 Å². The molecular formula is C12H13FN2O2. The lowest BCUT2D eigenvalue weighted by atomic mass is 10.1. The van der Waals surface area contributed by atoms with Crippen molar-refractivity contribution in [1.82, 2.24) is 5.43 Å². The smallest absolute Gasteiger partial charge is 0.243 e. The van der Waals surface area contributed by atoms with Crippen LogP contribution < -0.4 is 5.43 Å². The number of hydrazone groups is 1.